The van der Waals surface area contributed by atoms with Gasteiger partial charge in [0.1, 0.15) is 0 Å². The molecule has 2 aromatic rings. The third-order valence-electron chi connectivity index (χ3n) is 3.90. The number of benzene rings is 1. The van der Waals surface area contributed by atoms with Gasteiger partial charge < -0.3 is 4.90 Å². The number of hydrogen-bond acceptors (Lipinski definition) is 2. The molecule has 1 atom stereocenters. The van der Waals surface area contributed by atoms with Crippen LogP contribution in [0.1, 0.15) is 18.9 Å². The maximum atomic E-state index is 11.3. The van der Waals surface area contributed by atoms with Crippen LogP contribution in [0.25, 0.3) is 10.9 Å². The molecular weight excluding hydrogens is 236 g/mol. The van der Waals surface area contributed by atoms with Gasteiger partial charge in [-0.2, -0.15) is 0 Å². The van der Waals surface area contributed by atoms with Gasteiger partial charge in [0, 0.05) is 31.6 Å². The summed E-state index contributed by atoms with van der Waals surface area (Å²) in [6, 6.07) is 10.4. The number of nitrogens with zero attached hydrogens (tertiary/aromatic N) is 2. The number of aromatic nitrogens is 1. The van der Waals surface area contributed by atoms with E-state index in [2.05, 4.69) is 17.1 Å². The number of amides is 1. The molecule has 1 saturated heterocycles. The molecule has 3 nitrogen and oxygen atoms in total. The maximum absolute atomic E-state index is 11.3. The second-order valence-corrected chi connectivity index (χ2v) is 5.36. The van der Waals surface area contributed by atoms with Crippen LogP contribution in [-0.2, 0) is 11.2 Å². The van der Waals surface area contributed by atoms with Gasteiger partial charge in [-0.15, -0.1) is 0 Å². The summed E-state index contributed by atoms with van der Waals surface area (Å²) >= 11 is 0. The molecule has 1 amide bonds. The molecule has 1 aliphatic rings. The first-order chi connectivity index (χ1) is 9.22. The third-order valence-corrected chi connectivity index (χ3v) is 3.90. The van der Waals surface area contributed by atoms with Gasteiger partial charge in [0.05, 0.1) is 5.52 Å². The maximum Gasteiger partial charge on any atom is 0.219 e. The van der Waals surface area contributed by atoms with Crippen LogP contribution in [0.4, 0.5) is 0 Å². The quantitative estimate of drug-likeness (QED) is 0.825. The number of carbonyl (C=O) groups excluding carboxylic acids is 1. The van der Waals surface area contributed by atoms with Crippen molar-refractivity contribution in [3.63, 3.8) is 0 Å². The van der Waals surface area contributed by atoms with Crippen molar-refractivity contribution in [2.45, 2.75) is 19.8 Å². The van der Waals surface area contributed by atoms with E-state index in [0.29, 0.717) is 5.92 Å². The minimum atomic E-state index is 0.194. The lowest BCUT2D eigenvalue weighted by Crippen LogP contribution is -2.26. The highest BCUT2D eigenvalue weighted by atomic mass is 16.2. The molecule has 3 rings (SSSR count). The van der Waals surface area contributed by atoms with E-state index in [1.807, 2.05) is 29.3 Å². The van der Waals surface area contributed by atoms with Crippen molar-refractivity contribution >= 4 is 16.8 Å². The molecule has 1 fully saturated rings. The van der Waals surface area contributed by atoms with Crippen LogP contribution < -0.4 is 0 Å². The van der Waals surface area contributed by atoms with Crippen LogP contribution in [0.2, 0.25) is 0 Å². The fourth-order valence-electron chi connectivity index (χ4n) is 2.85. The summed E-state index contributed by atoms with van der Waals surface area (Å²) in [5.74, 6) is 0.769. The number of para-hydroxylation sites is 1. The second-order valence-electron chi connectivity index (χ2n) is 5.36. The summed E-state index contributed by atoms with van der Waals surface area (Å²) < 4.78 is 0. The second kappa shape index (κ2) is 5.00. The monoisotopic (exact) mass is 254 g/mol. The zero-order valence-electron chi connectivity index (χ0n) is 11.2. The highest BCUT2D eigenvalue weighted by Gasteiger charge is 2.24. The van der Waals surface area contributed by atoms with E-state index in [9.17, 15) is 4.79 Å². The molecule has 1 aromatic heterocycles. The van der Waals surface area contributed by atoms with E-state index in [4.69, 9.17) is 0 Å². The summed E-state index contributed by atoms with van der Waals surface area (Å²) in [4.78, 5) is 17.8. The summed E-state index contributed by atoms with van der Waals surface area (Å²) in [5.41, 5.74) is 2.32. The molecule has 19 heavy (non-hydrogen) atoms. The highest BCUT2D eigenvalue weighted by Crippen LogP contribution is 2.22. The Morgan fingerprint density at radius 3 is 3.05 bits per heavy atom. The third kappa shape index (κ3) is 2.60. The van der Waals surface area contributed by atoms with E-state index in [0.717, 1.165) is 31.4 Å². The van der Waals surface area contributed by atoms with Crippen molar-refractivity contribution in [1.82, 2.24) is 9.88 Å². The SMILES string of the molecule is CC(=O)N1CC[C@H](Cc2cnc3ccccc3c2)C1. The van der Waals surface area contributed by atoms with E-state index < -0.39 is 0 Å². The number of likely N-dealkylation sites (tertiary alicyclic amines) is 1. The van der Waals surface area contributed by atoms with Crippen LogP contribution in [0.15, 0.2) is 36.5 Å². The van der Waals surface area contributed by atoms with Crippen molar-refractivity contribution < 1.29 is 4.79 Å². The van der Waals surface area contributed by atoms with Crippen LogP contribution >= 0.6 is 0 Å². The molecule has 0 spiro atoms. The van der Waals surface area contributed by atoms with Gasteiger partial charge in [-0.3, -0.25) is 9.78 Å². The molecule has 0 unspecified atom stereocenters. The van der Waals surface area contributed by atoms with Gasteiger partial charge in [0.25, 0.3) is 0 Å². The molecule has 0 radical (unpaired) electrons. The zero-order valence-corrected chi connectivity index (χ0v) is 11.2. The molecule has 0 aliphatic carbocycles. The number of pyridine rings is 1. The first-order valence-corrected chi connectivity index (χ1v) is 6.81. The summed E-state index contributed by atoms with van der Waals surface area (Å²) in [6.07, 6.45) is 4.09. The van der Waals surface area contributed by atoms with Gasteiger partial charge in [0.15, 0.2) is 0 Å². The lowest BCUT2D eigenvalue weighted by atomic mass is 9.99. The highest BCUT2D eigenvalue weighted by molar-refractivity contribution is 5.78. The van der Waals surface area contributed by atoms with Crippen molar-refractivity contribution in [2.75, 3.05) is 13.1 Å². The van der Waals surface area contributed by atoms with Crippen LogP contribution in [0.3, 0.4) is 0 Å². The molecule has 0 bridgehead atoms. The van der Waals surface area contributed by atoms with Gasteiger partial charge in [0.2, 0.25) is 5.91 Å². The fraction of sp³-hybridized carbons (Fsp3) is 0.375. The molecular formula is C16H18N2O. The Bertz CT molecular complexity index is 608. The predicted octanol–water partition coefficient (Wildman–Crippen LogP) is 2.65. The summed E-state index contributed by atoms with van der Waals surface area (Å²) in [6.45, 7) is 3.45. The molecule has 98 valence electrons. The van der Waals surface area contributed by atoms with Crippen molar-refractivity contribution in [3.8, 4) is 0 Å². The first-order valence-electron chi connectivity index (χ1n) is 6.81. The Labute approximate surface area is 113 Å². The van der Waals surface area contributed by atoms with Gasteiger partial charge in [-0.25, -0.2) is 0 Å². The topological polar surface area (TPSA) is 33.2 Å². The predicted molar refractivity (Wildman–Crippen MR) is 75.8 cm³/mol. The van der Waals surface area contributed by atoms with Crippen molar-refractivity contribution in [2.24, 2.45) is 5.92 Å². The van der Waals surface area contributed by atoms with Crippen molar-refractivity contribution in [3.05, 3.63) is 42.1 Å². The number of rotatable bonds is 2. The Morgan fingerprint density at radius 1 is 1.42 bits per heavy atom. The number of fused-ring (bicyclic) bond motifs is 1. The molecule has 2 heterocycles. The largest absolute Gasteiger partial charge is 0.343 e. The van der Waals surface area contributed by atoms with Crippen LogP contribution in [-0.4, -0.2) is 28.9 Å². The number of hydrogen-bond donors (Lipinski definition) is 0. The minimum Gasteiger partial charge on any atom is -0.343 e. The van der Waals surface area contributed by atoms with Gasteiger partial charge in [-0.1, -0.05) is 18.2 Å². The Hall–Kier alpha value is -1.90. The van der Waals surface area contributed by atoms with Crippen LogP contribution in [0.5, 0.6) is 0 Å². The van der Waals surface area contributed by atoms with Gasteiger partial charge in [-0.05, 0) is 36.5 Å². The normalized spacial score (nSPS) is 19.0. The van der Waals surface area contributed by atoms with E-state index >= 15 is 0 Å². The minimum absolute atomic E-state index is 0.194. The average molecular weight is 254 g/mol. The first kappa shape index (κ1) is 12.2. The lowest BCUT2D eigenvalue weighted by Gasteiger charge is -2.14. The zero-order chi connectivity index (χ0) is 13.2. The Kier molecular flexibility index (Phi) is 3.20. The number of carbonyl (C=O) groups is 1. The smallest absolute Gasteiger partial charge is 0.219 e. The lowest BCUT2D eigenvalue weighted by molar-refractivity contribution is -0.127. The summed E-state index contributed by atoms with van der Waals surface area (Å²) in [5, 5.41) is 1.20. The Balaban J connectivity index is 1.73. The van der Waals surface area contributed by atoms with Gasteiger partial charge >= 0.3 is 0 Å². The standard InChI is InChI=1S/C16H18N2O/c1-12(19)18-7-6-13(11-18)8-14-9-15-4-2-3-5-16(15)17-10-14/h2-5,9-10,13H,6-8,11H2,1H3/t13-/m1/s1. The molecule has 1 aromatic carbocycles. The van der Waals surface area contributed by atoms with Crippen LogP contribution in [0, 0.1) is 5.92 Å². The molecule has 1 aliphatic heterocycles. The Morgan fingerprint density at radius 2 is 2.26 bits per heavy atom. The molecule has 0 N–H and O–H groups in total. The van der Waals surface area contributed by atoms with E-state index in [1.165, 1.54) is 10.9 Å². The molecule has 3 heteroatoms. The van der Waals surface area contributed by atoms with E-state index in [1.54, 1.807) is 6.92 Å². The van der Waals surface area contributed by atoms with E-state index in [-0.39, 0.29) is 5.91 Å². The fourth-order valence-corrected chi connectivity index (χ4v) is 2.85. The molecule has 0 saturated carbocycles. The average Bonchev–Trinajstić information content (AvgIpc) is 2.87. The van der Waals surface area contributed by atoms with Crippen molar-refractivity contribution in [1.29, 1.82) is 0 Å². The summed E-state index contributed by atoms with van der Waals surface area (Å²) in [7, 11) is 0.